The summed E-state index contributed by atoms with van der Waals surface area (Å²) >= 11 is 0. The van der Waals surface area contributed by atoms with Crippen molar-refractivity contribution >= 4 is 11.8 Å². The number of amides is 2. The Morgan fingerprint density at radius 2 is 2.04 bits per heavy atom. The van der Waals surface area contributed by atoms with E-state index in [1.54, 1.807) is 0 Å². The Balaban J connectivity index is 1.38. The zero-order valence-corrected chi connectivity index (χ0v) is 14.9. The van der Waals surface area contributed by atoms with Crippen molar-refractivity contribution in [3.8, 4) is 0 Å². The summed E-state index contributed by atoms with van der Waals surface area (Å²) < 4.78 is 0. The van der Waals surface area contributed by atoms with Gasteiger partial charge in [0.05, 0.1) is 0 Å². The van der Waals surface area contributed by atoms with Crippen LogP contribution in [-0.4, -0.2) is 36.3 Å². The number of benzene rings is 1. The fourth-order valence-electron chi connectivity index (χ4n) is 3.71. The van der Waals surface area contributed by atoms with E-state index in [-0.39, 0.29) is 17.7 Å². The van der Waals surface area contributed by atoms with Crippen LogP contribution in [-0.2, 0) is 16.0 Å². The Labute approximate surface area is 150 Å². The zero-order chi connectivity index (χ0) is 17.5. The van der Waals surface area contributed by atoms with E-state index in [9.17, 15) is 9.59 Å². The highest BCUT2D eigenvalue weighted by atomic mass is 16.2. The molecule has 0 bridgehead atoms. The zero-order valence-electron chi connectivity index (χ0n) is 14.9. The highest BCUT2D eigenvalue weighted by Crippen LogP contribution is 2.20. The van der Waals surface area contributed by atoms with E-state index in [2.05, 4.69) is 23.5 Å². The summed E-state index contributed by atoms with van der Waals surface area (Å²) in [6.45, 7) is 2.13. The van der Waals surface area contributed by atoms with Crippen molar-refractivity contribution in [3.63, 3.8) is 0 Å². The topological polar surface area (TPSA) is 49.4 Å². The summed E-state index contributed by atoms with van der Waals surface area (Å²) in [5, 5.41) is 3.03. The molecule has 0 radical (unpaired) electrons. The van der Waals surface area contributed by atoms with E-state index in [1.807, 2.05) is 23.1 Å². The molecule has 4 heteroatoms. The molecule has 4 nitrogen and oxygen atoms in total. The summed E-state index contributed by atoms with van der Waals surface area (Å²) in [7, 11) is 0. The van der Waals surface area contributed by atoms with E-state index in [0.29, 0.717) is 19.4 Å². The van der Waals surface area contributed by atoms with Crippen LogP contribution < -0.4 is 5.32 Å². The first kappa shape index (κ1) is 17.7. The van der Waals surface area contributed by atoms with Gasteiger partial charge in [0.1, 0.15) is 0 Å². The number of allylic oxidation sites excluding steroid dienone is 1. The van der Waals surface area contributed by atoms with E-state index in [4.69, 9.17) is 0 Å². The molecule has 2 aliphatic rings. The molecule has 0 spiro atoms. The number of carbonyl (C=O) groups excluding carboxylic acids is 2. The van der Waals surface area contributed by atoms with Crippen molar-refractivity contribution < 1.29 is 9.59 Å². The molecule has 1 fully saturated rings. The van der Waals surface area contributed by atoms with Crippen molar-refractivity contribution in [1.29, 1.82) is 0 Å². The minimum Gasteiger partial charge on any atom is -0.355 e. The number of nitrogens with zero attached hydrogens (tertiary/aromatic N) is 1. The molecular formula is C21H28N2O2. The lowest BCUT2D eigenvalue weighted by Gasteiger charge is -2.17. The molecule has 1 unspecified atom stereocenters. The second kappa shape index (κ2) is 8.84. The SMILES string of the molecule is O=C(CC1=CCCCC1)NCC1CC(=O)N(CCc2ccccc2)C1. The Kier molecular flexibility index (Phi) is 6.26. The summed E-state index contributed by atoms with van der Waals surface area (Å²) in [6, 6.07) is 10.3. The molecule has 1 heterocycles. The van der Waals surface area contributed by atoms with Crippen LogP contribution in [0.15, 0.2) is 42.0 Å². The minimum absolute atomic E-state index is 0.100. The fourth-order valence-corrected chi connectivity index (χ4v) is 3.71. The van der Waals surface area contributed by atoms with Gasteiger partial charge in [-0.25, -0.2) is 0 Å². The van der Waals surface area contributed by atoms with Crippen LogP contribution in [0.1, 0.15) is 44.1 Å². The molecule has 3 rings (SSSR count). The van der Waals surface area contributed by atoms with Gasteiger partial charge < -0.3 is 10.2 Å². The van der Waals surface area contributed by atoms with Crippen LogP contribution in [0.3, 0.4) is 0 Å². The predicted molar refractivity (Wildman–Crippen MR) is 99.0 cm³/mol. The van der Waals surface area contributed by atoms with Crippen LogP contribution in [0, 0.1) is 5.92 Å². The molecule has 1 aromatic rings. The summed E-state index contributed by atoms with van der Waals surface area (Å²) in [5.74, 6) is 0.557. The molecule has 1 atom stereocenters. The van der Waals surface area contributed by atoms with Gasteiger partial charge in [0.25, 0.3) is 0 Å². The highest BCUT2D eigenvalue weighted by molar-refractivity contribution is 5.80. The predicted octanol–water partition coefficient (Wildman–Crippen LogP) is 3.08. The second-order valence-corrected chi connectivity index (χ2v) is 7.23. The van der Waals surface area contributed by atoms with Crippen LogP contribution in [0.4, 0.5) is 0 Å². The molecule has 1 N–H and O–H groups in total. The molecule has 1 saturated heterocycles. The number of hydrogen-bond donors (Lipinski definition) is 1. The number of carbonyl (C=O) groups is 2. The third-order valence-electron chi connectivity index (χ3n) is 5.17. The van der Waals surface area contributed by atoms with Gasteiger partial charge in [-0.05, 0) is 37.7 Å². The Hall–Kier alpha value is -2.10. The maximum absolute atomic E-state index is 12.2. The van der Waals surface area contributed by atoms with E-state index in [0.717, 1.165) is 32.4 Å². The van der Waals surface area contributed by atoms with Gasteiger partial charge in [-0.1, -0.05) is 42.0 Å². The third kappa shape index (κ3) is 5.45. The molecular weight excluding hydrogens is 312 g/mol. The third-order valence-corrected chi connectivity index (χ3v) is 5.17. The van der Waals surface area contributed by atoms with Gasteiger partial charge in [-0.15, -0.1) is 0 Å². The lowest BCUT2D eigenvalue weighted by atomic mass is 9.97. The maximum Gasteiger partial charge on any atom is 0.224 e. The average molecular weight is 340 g/mol. The first-order valence-corrected chi connectivity index (χ1v) is 9.47. The number of likely N-dealkylation sites (tertiary alicyclic amines) is 1. The molecule has 1 aliphatic carbocycles. The van der Waals surface area contributed by atoms with Crippen LogP contribution >= 0.6 is 0 Å². The van der Waals surface area contributed by atoms with Gasteiger partial charge in [0.2, 0.25) is 11.8 Å². The Morgan fingerprint density at radius 1 is 1.20 bits per heavy atom. The molecule has 1 aliphatic heterocycles. The molecule has 134 valence electrons. The number of nitrogens with one attached hydrogen (secondary N) is 1. The normalized spacial score (nSPS) is 20.5. The standard InChI is InChI=1S/C21H28N2O2/c24-20(13-18-9-5-2-6-10-18)22-15-19-14-21(25)23(16-19)12-11-17-7-3-1-4-8-17/h1,3-4,7-9,19H,2,5-6,10-16H2,(H,22,24). The molecule has 25 heavy (non-hydrogen) atoms. The van der Waals surface area contributed by atoms with Crippen molar-refractivity contribution in [2.75, 3.05) is 19.6 Å². The molecule has 0 saturated carbocycles. The number of rotatable bonds is 7. The minimum atomic E-state index is 0.100. The summed E-state index contributed by atoms with van der Waals surface area (Å²) in [4.78, 5) is 26.2. The Bertz CT molecular complexity index is 624. The largest absolute Gasteiger partial charge is 0.355 e. The van der Waals surface area contributed by atoms with E-state index < -0.39 is 0 Å². The average Bonchev–Trinajstić information content (AvgIpc) is 3.00. The summed E-state index contributed by atoms with van der Waals surface area (Å²) in [5.41, 5.74) is 2.53. The van der Waals surface area contributed by atoms with Crippen molar-refractivity contribution in [2.24, 2.45) is 5.92 Å². The quantitative estimate of drug-likeness (QED) is 0.776. The molecule has 2 amide bonds. The molecule has 0 aromatic heterocycles. The van der Waals surface area contributed by atoms with E-state index >= 15 is 0 Å². The van der Waals surface area contributed by atoms with Crippen molar-refractivity contribution in [1.82, 2.24) is 10.2 Å². The lowest BCUT2D eigenvalue weighted by Crippen LogP contribution is -2.32. The van der Waals surface area contributed by atoms with Gasteiger partial charge in [-0.3, -0.25) is 9.59 Å². The van der Waals surface area contributed by atoms with Crippen LogP contribution in [0.25, 0.3) is 0 Å². The van der Waals surface area contributed by atoms with Crippen molar-refractivity contribution in [2.45, 2.75) is 44.9 Å². The maximum atomic E-state index is 12.2. The first-order chi connectivity index (χ1) is 12.2. The molecule has 1 aromatic carbocycles. The van der Waals surface area contributed by atoms with Gasteiger partial charge in [0, 0.05) is 38.4 Å². The van der Waals surface area contributed by atoms with E-state index in [1.165, 1.54) is 24.0 Å². The van der Waals surface area contributed by atoms with Gasteiger partial charge >= 0.3 is 0 Å². The second-order valence-electron chi connectivity index (χ2n) is 7.23. The lowest BCUT2D eigenvalue weighted by molar-refractivity contribution is -0.127. The van der Waals surface area contributed by atoms with Crippen LogP contribution in [0.5, 0.6) is 0 Å². The Morgan fingerprint density at radius 3 is 2.80 bits per heavy atom. The van der Waals surface area contributed by atoms with Crippen molar-refractivity contribution in [3.05, 3.63) is 47.5 Å². The fraction of sp³-hybridized carbons (Fsp3) is 0.524. The number of hydrogen-bond acceptors (Lipinski definition) is 2. The van der Waals surface area contributed by atoms with Gasteiger partial charge in [-0.2, -0.15) is 0 Å². The smallest absolute Gasteiger partial charge is 0.224 e. The first-order valence-electron chi connectivity index (χ1n) is 9.47. The monoisotopic (exact) mass is 340 g/mol. The highest BCUT2D eigenvalue weighted by Gasteiger charge is 2.29. The van der Waals surface area contributed by atoms with Gasteiger partial charge in [0.15, 0.2) is 0 Å². The van der Waals surface area contributed by atoms with Crippen LogP contribution in [0.2, 0.25) is 0 Å². The summed E-state index contributed by atoms with van der Waals surface area (Å²) in [6.07, 6.45) is 8.79.